The first-order valence-corrected chi connectivity index (χ1v) is 5.17. The maximum absolute atomic E-state index is 10.9. The second kappa shape index (κ2) is 5.03. The third kappa shape index (κ3) is 2.58. The molecule has 0 radical (unpaired) electrons. The normalized spacial score (nSPS) is 31.6. The smallest absolute Gasteiger partial charge is 0.307 e. The molecule has 1 aliphatic rings. The number of hydrogen-bond donors (Lipinski definition) is 4. The minimum absolute atomic E-state index is 0.487. The van der Waals surface area contributed by atoms with Crippen molar-refractivity contribution in [2.75, 3.05) is 0 Å². The highest BCUT2D eigenvalue weighted by atomic mass is 16.4. The molecule has 1 rings (SSSR count). The van der Waals surface area contributed by atoms with Crippen LogP contribution in [-0.4, -0.2) is 44.3 Å². The lowest BCUT2D eigenvalue weighted by molar-refractivity contribution is -0.167. The number of aliphatic carboxylic acids is 4. The van der Waals surface area contributed by atoms with Crippen LogP contribution in [0.5, 0.6) is 0 Å². The standard InChI is InChI=1S/C10H12O8/c11-7(12)3-1-4(8(13)14)6(10(17)18)2-5(3)9(15)16/h3-6H,1-2H2,(H,11,12)(H,13,14)(H,15,16)(H,17,18)/t3-,4+,5+,6-. The fourth-order valence-corrected chi connectivity index (χ4v) is 2.30. The Hall–Kier alpha value is -2.12. The fourth-order valence-electron chi connectivity index (χ4n) is 2.30. The molecule has 0 aromatic rings. The Kier molecular flexibility index (Phi) is 3.89. The molecule has 8 nitrogen and oxygen atoms in total. The Bertz CT molecular complexity index is 327. The number of hydrogen-bond acceptors (Lipinski definition) is 4. The number of carboxylic acids is 4. The van der Waals surface area contributed by atoms with Gasteiger partial charge in [-0.3, -0.25) is 19.2 Å². The molecule has 8 heteroatoms. The molecule has 100 valence electrons. The predicted octanol–water partition coefficient (Wildman–Crippen LogP) is -0.417. The Morgan fingerprint density at radius 3 is 0.833 bits per heavy atom. The van der Waals surface area contributed by atoms with Crippen LogP contribution < -0.4 is 0 Å². The summed E-state index contributed by atoms with van der Waals surface area (Å²) in [5.41, 5.74) is 0. The summed E-state index contributed by atoms with van der Waals surface area (Å²) < 4.78 is 0. The lowest BCUT2D eigenvalue weighted by Crippen LogP contribution is -2.44. The Morgan fingerprint density at radius 1 is 0.556 bits per heavy atom. The second-order valence-corrected chi connectivity index (χ2v) is 4.25. The minimum Gasteiger partial charge on any atom is -0.481 e. The van der Waals surface area contributed by atoms with Gasteiger partial charge in [0.1, 0.15) is 0 Å². The van der Waals surface area contributed by atoms with Gasteiger partial charge in [0.15, 0.2) is 0 Å². The predicted molar refractivity (Wildman–Crippen MR) is 53.7 cm³/mol. The van der Waals surface area contributed by atoms with Crippen LogP contribution in [-0.2, 0) is 19.2 Å². The lowest BCUT2D eigenvalue weighted by atomic mass is 9.68. The molecule has 18 heavy (non-hydrogen) atoms. The van der Waals surface area contributed by atoms with Crippen molar-refractivity contribution in [3.05, 3.63) is 0 Å². The molecule has 0 bridgehead atoms. The molecule has 0 saturated heterocycles. The van der Waals surface area contributed by atoms with Crippen LogP contribution in [0.2, 0.25) is 0 Å². The molecule has 4 N–H and O–H groups in total. The van der Waals surface area contributed by atoms with Crippen molar-refractivity contribution in [1.29, 1.82) is 0 Å². The van der Waals surface area contributed by atoms with E-state index in [0.29, 0.717) is 0 Å². The maximum atomic E-state index is 10.9. The van der Waals surface area contributed by atoms with E-state index in [9.17, 15) is 19.2 Å². The average Bonchev–Trinajstić information content (AvgIpc) is 2.26. The van der Waals surface area contributed by atoms with E-state index in [1.807, 2.05) is 0 Å². The summed E-state index contributed by atoms with van der Waals surface area (Å²) in [6, 6.07) is 0. The molecule has 0 amide bonds. The van der Waals surface area contributed by atoms with Crippen molar-refractivity contribution in [2.45, 2.75) is 12.8 Å². The monoisotopic (exact) mass is 260 g/mol. The lowest BCUT2D eigenvalue weighted by Gasteiger charge is -2.33. The van der Waals surface area contributed by atoms with E-state index in [2.05, 4.69) is 0 Å². The first-order valence-electron chi connectivity index (χ1n) is 5.17. The highest BCUT2D eigenvalue weighted by molar-refractivity contribution is 5.85. The molecule has 0 heterocycles. The quantitative estimate of drug-likeness (QED) is 0.532. The highest BCUT2D eigenvalue weighted by Gasteiger charge is 2.49. The van der Waals surface area contributed by atoms with Crippen molar-refractivity contribution in [3.8, 4) is 0 Å². The van der Waals surface area contributed by atoms with Crippen LogP contribution in [0.3, 0.4) is 0 Å². The Labute approximate surface area is 101 Å². The van der Waals surface area contributed by atoms with Gasteiger partial charge in [0.05, 0.1) is 23.7 Å². The van der Waals surface area contributed by atoms with E-state index < -0.39 is 60.4 Å². The zero-order chi connectivity index (χ0) is 14.0. The molecule has 1 fully saturated rings. The fraction of sp³-hybridized carbons (Fsp3) is 0.600. The summed E-state index contributed by atoms with van der Waals surface area (Å²) in [5, 5.41) is 35.5. The van der Waals surface area contributed by atoms with Crippen molar-refractivity contribution in [2.24, 2.45) is 23.7 Å². The molecule has 4 atom stereocenters. The summed E-state index contributed by atoms with van der Waals surface area (Å²) in [6.45, 7) is 0. The van der Waals surface area contributed by atoms with Gasteiger partial charge in [0.2, 0.25) is 0 Å². The number of carboxylic acid groups (broad SMARTS) is 4. The molecule has 0 unspecified atom stereocenters. The van der Waals surface area contributed by atoms with Crippen LogP contribution in [0, 0.1) is 23.7 Å². The summed E-state index contributed by atoms with van der Waals surface area (Å²) in [7, 11) is 0. The van der Waals surface area contributed by atoms with Gasteiger partial charge in [-0.05, 0) is 12.8 Å². The molecule has 1 aliphatic carbocycles. The van der Waals surface area contributed by atoms with E-state index in [1.165, 1.54) is 0 Å². The number of carbonyl (C=O) groups is 4. The molecule has 0 aromatic heterocycles. The molecule has 0 aliphatic heterocycles. The molecule has 1 saturated carbocycles. The van der Waals surface area contributed by atoms with E-state index >= 15 is 0 Å². The Balaban J connectivity index is 3.06. The van der Waals surface area contributed by atoms with Gasteiger partial charge in [-0.25, -0.2) is 0 Å². The van der Waals surface area contributed by atoms with Gasteiger partial charge in [-0.1, -0.05) is 0 Å². The molecular formula is C10H12O8. The van der Waals surface area contributed by atoms with Crippen molar-refractivity contribution in [1.82, 2.24) is 0 Å². The maximum Gasteiger partial charge on any atom is 0.307 e. The van der Waals surface area contributed by atoms with Gasteiger partial charge < -0.3 is 20.4 Å². The van der Waals surface area contributed by atoms with Crippen LogP contribution >= 0.6 is 0 Å². The molecule has 0 aromatic carbocycles. The summed E-state index contributed by atoms with van der Waals surface area (Å²) in [6.07, 6.45) is -0.975. The zero-order valence-corrected chi connectivity index (χ0v) is 9.15. The van der Waals surface area contributed by atoms with Gasteiger partial charge in [-0.15, -0.1) is 0 Å². The largest absolute Gasteiger partial charge is 0.481 e. The summed E-state index contributed by atoms with van der Waals surface area (Å²) in [5.74, 6) is -11.2. The SMILES string of the molecule is O=C(O)[C@H]1C[C@@H](C(=O)O)[C@@H](C(=O)O)C[C@H]1C(=O)O. The van der Waals surface area contributed by atoms with Gasteiger partial charge in [-0.2, -0.15) is 0 Å². The van der Waals surface area contributed by atoms with E-state index in [4.69, 9.17) is 20.4 Å². The summed E-state index contributed by atoms with van der Waals surface area (Å²) >= 11 is 0. The Morgan fingerprint density at radius 2 is 0.722 bits per heavy atom. The van der Waals surface area contributed by atoms with E-state index in [1.54, 1.807) is 0 Å². The van der Waals surface area contributed by atoms with Crippen molar-refractivity contribution >= 4 is 23.9 Å². The van der Waals surface area contributed by atoms with Gasteiger partial charge >= 0.3 is 23.9 Å². The zero-order valence-electron chi connectivity index (χ0n) is 9.15. The third-order valence-corrected chi connectivity index (χ3v) is 3.26. The van der Waals surface area contributed by atoms with Crippen LogP contribution in [0.1, 0.15) is 12.8 Å². The van der Waals surface area contributed by atoms with E-state index in [-0.39, 0.29) is 0 Å². The minimum atomic E-state index is -1.42. The number of rotatable bonds is 4. The topological polar surface area (TPSA) is 149 Å². The van der Waals surface area contributed by atoms with Crippen molar-refractivity contribution in [3.63, 3.8) is 0 Å². The summed E-state index contributed by atoms with van der Waals surface area (Å²) in [4.78, 5) is 43.6. The van der Waals surface area contributed by atoms with Gasteiger partial charge in [0, 0.05) is 0 Å². The highest BCUT2D eigenvalue weighted by Crippen LogP contribution is 2.38. The second-order valence-electron chi connectivity index (χ2n) is 4.25. The average molecular weight is 260 g/mol. The first-order chi connectivity index (χ1) is 8.25. The van der Waals surface area contributed by atoms with Crippen LogP contribution in [0.15, 0.2) is 0 Å². The molecular weight excluding hydrogens is 248 g/mol. The van der Waals surface area contributed by atoms with Crippen molar-refractivity contribution < 1.29 is 39.6 Å². The van der Waals surface area contributed by atoms with Crippen LogP contribution in [0.25, 0.3) is 0 Å². The van der Waals surface area contributed by atoms with Gasteiger partial charge in [0.25, 0.3) is 0 Å². The van der Waals surface area contributed by atoms with E-state index in [0.717, 1.165) is 0 Å². The van der Waals surface area contributed by atoms with Crippen LogP contribution in [0.4, 0.5) is 0 Å². The first kappa shape index (κ1) is 13.9. The molecule has 0 spiro atoms. The third-order valence-electron chi connectivity index (χ3n) is 3.26.